The first kappa shape index (κ1) is 20.5. The van der Waals surface area contributed by atoms with Gasteiger partial charge < -0.3 is 19.9 Å². The Morgan fingerprint density at radius 1 is 1.23 bits per heavy atom. The number of anilines is 1. The molecule has 1 aromatic heterocycles. The highest BCUT2D eigenvalue weighted by Gasteiger charge is 2.36. The van der Waals surface area contributed by atoms with E-state index in [0.717, 1.165) is 25.3 Å². The van der Waals surface area contributed by atoms with Crippen LogP contribution < -0.4 is 5.32 Å². The van der Waals surface area contributed by atoms with Crippen molar-refractivity contribution in [3.05, 3.63) is 82.7 Å². The molecule has 1 aliphatic rings. The number of amides is 2. The number of methoxy groups -OCH3 is 1. The second kappa shape index (κ2) is 8.13. The molecule has 0 spiro atoms. The molecule has 0 aliphatic carbocycles. The number of urea groups is 1. The summed E-state index contributed by atoms with van der Waals surface area (Å²) in [6, 6.07) is 5.25. The maximum atomic E-state index is 14.6. The Morgan fingerprint density at radius 2 is 2.03 bits per heavy atom. The molecular formula is C21H17F3N4O3. The number of imidazole rings is 1. The van der Waals surface area contributed by atoms with E-state index in [1.807, 2.05) is 0 Å². The number of hydrogen-bond donors (Lipinski definition) is 2. The number of benzene rings is 2. The number of ether oxygens (including phenoxy) is 1. The molecule has 2 aromatic carbocycles. The molecule has 4 rings (SSSR count). The van der Waals surface area contributed by atoms with Crippen LogP contribution in [-0.2, 0) is 11.2 Å². The summed E-state index contributed by atoms with van der Waals surface area (Å²) in [5.74, 6) is -3.65. The normalized spacial score (nSPS) is 15.4. The molecule has 0 fully saturated rings. The Labute approximate surface area is 174 Å². The first-order chi connectivity index (χ1) is 14.9. The number of fused-ring (bicyclic) bond motifs is 1. The lowest BCUT2D eigenvalue weighted by atomic mass is 9.95. The smallest absolute Gasteiger partial charge is 0.340 e. The number of nitrogens with zero attached hydrogens (tertiary/aromatic N) is 2. The average Bonchev–Trinajstić information content (AvgIpc) is 3.24. The molecule has 0 bridgehead atoms. The molecule has 0 unspecified atom stereocenters. The summed E-state index contributed by atoms with van der Waals surface area (Å²) in [7, 11) is 1.13. The van der Waals surface area contributed by atoms with Crippen LogP contribution in [0.25, 0.3) is 0 Å². The second-order valence-corrected chi connectivity index (χ2v) is 6.87. The van der Waals surface area contributed by atoms with Gasteiger partial charge in [-0.1, -0.05) is 12.1 Å². The summed E-state index contributed by atoms with van der Waals surface area (Å²) in [5.41, 5.74) is 0.870. The van der Waals surface area contributed by atoms with Crippen LogP contribution in [0.1, 0.15) is 33.4 Å². The zero-order valence-electron chi connectivity index (χ0n) is 16.3. The standard InChI is InChI=1S/C21H17F3N4O3/c1-31-20(29)13-9-11(22)5-6-15(13)27-21(30)28-8-7-16-18(26-10-25-16)19(28)12-3-2-4-14(23)17(12)24/h2-6,9-10,19H,7-8H2,1H3,(H,25,26)(H,27,30)/t19-/m0/s1. The number of rotatable bonds is 3. The van der Waals surface area contributed by atoms with E-state index in [1.165, 1.54) is 29.4 Å². The number of carbonyl (C=O) groups excluding carboxylic acids is 2. The van der Waals surface area contributed by atoms with Gasteiger partial charge in [0, 0.05) is 24.2 Å². The quantitative estimate of drug-likeness (QED) is 0.619. The van der Waals surface area contributed by atoms with Crippen molar-refractivity contribution in [1.29, 1.82) is 0 Å². The van der Waals surface area contributed by atoms with Crippen LogP contribution in [0.5, 0.6) is 0 Å². The van der Waals surface area contributed by atoms with Gasteiger partial charge >= 0.3 is 12.0 Å². The van der Waals surface area contributed by atoms with Gasteiger partial charge in [-0.2, -0.15) is 0 Å². The van der Waals surface area contributed by atoms with E-state index in [-0.39, 0.29) is 23.4 Å². The van der Waals surface area contributed by atoms with Crippen molar-refractivity contribution < 1.29 is 27.5 Å². The van der Waals surface area contributed by atoms with Gasteiger partial charge in [0.1, 0.15) is 11.9 Å². The number of aromatic nitrogens is 2. The molecule has 2 heterocycles. The molecule has 3 aromatic rings. The molecule has 2 N–H and O–H groups in total. The second-order valence-electron chi connectivity index (χ2n) is 6.87. The highest BCUT2D eigenvalue weighted by Crippen LogP contribution is 2.35. The van der Waals surface area contributed by atoms with E-state index in [0.29, 0.717) is 17.8 Å². The summed E-state index contributed by atoms with van der Waals surface area (Å²) in [6.07, 6.45) is 1.83. The third-order valence-corrected chi connectivity index (χ3v) is 5.09. The van der Waals surface area contributed by atoms with E-state index in [2.05, 4.69) is 20.0 Å². The van der Waals surface area contributed by atoms with Crippen LogP contribution in [0.15, 0.2) is 42.7 Å². The number of H-pyrrole nitrogens is 1. The Bertz CT molecular complexity index is 1160. The summed E-state index contributed by atoms with van der Waals surface area (Å²) in [5, 5.41) is 2.54. The maximum absolute atomic E-state index is 14.6. The van der Waals surface area contributed by atoms with E-state index in [4.69, 9.17) is 0 Å². The molecule has 2 amide bonds. The average molecular weight is 430 g/mol. The van der Waals surface area contributed by atoms with E-state index < -0.39 is 35.5 Å². The van der Waals surface area contributed by atoms with Gasteiger partial charge in [0.15, 0.2) is 11.6 Å². The van der Waals surface area contributed by atoms with Gasteiger partial charge in [-0.05, 0) is 24.3 Å². The lowest BCUT2D eigenvalue weighted by Crippen LogP contribution is -2.43. The summed E-state index contributed by atoms with van der Waals surface area (Å²) >= 11 is 0. The first-order valence-corrected chi connectivity index (χ1v) is 9.32. The molecule has 1 aliphatic heterocycles. The highest BCUT2D eigenvalue weighted by molar-refractivity contribution is 6.01. The number of esters is 1. The largest absolute Gasteiger partial charge is 0.465 e. The molecule has 31 heavy (non-hydrogen) atoms. The SMILES string of the molecule is COC(=O)c1cc(F)ccc1NC(=O)N1CCc2[nH]cnc2[C@@H]1c1cccc(F)c1F. The van der Waals surface area contributed by atoms with Crippen molar-refractivity contribution in [2.45, 2.75) is 12.5 Å². The Kier molecular flexibility index (Phi) is 5.37. The summed E-state index contributed by atoms with van der Waals surface area (Å²) in [4.78, 5) is 33.6. The van der Waals surface area contributed by atoms with Gasteiger partial charge in [0.25, 0.3) is 0 Å². The highest BCUT2D eigenvalue weighted by atomic mass is 19.2. The predicted octanol–water partition coefficient (Wildman–Crippen LogP) is 3.79. The summed E-state index contributed by atoms with van der Waals surface area (Å²) < 4.78 is 46.8. The van der Waals surface area contributed by atoms with Crippen molar-refractivity contribution >= 4 is 17.7 Å². The van der Waals surface area contributed by atoms with Gasteiger partial charge in [-0.25, -0.2) is 27.7 Å². The van der Waals surface area contributed by atoms with Gasteiger partial charge in [0.05, 0.1) is 30.4 Å². The topological polar surface area (TPSA) is 87.3 Å². The minimum absolute atomic E-state index is 0.0181. The number of halogens is 3. The summed E-state index contributed by atoms with van der Waals surface area (Å²) in [6.45, 7) is 0.163. The Morgan fingerprint density at radius 3 is 2.81 bits per heavy atom. The first-order valence-electron chi connectivity index (χ1n) is 9.32. The van der Waals surface area contributed by atoms with Crippen LogP contribution in [0.2, 0.25) is 0 Å². The van der Waals surface area contributed by atoms with Gasteiger partial charge in [-0.3, -0.25) is 0 Å². The molecule has 0 saturated heterocycles. The van der Waals surface area contributed by atoms with E-state index in [9.17, 15) is 22.8 Å². The predicted molar refractivity (Wildman–Crippen MR) is 104 cm³/mol. The van der Waals surface area contributed by atoms with E-state index >= 15 is 0 Å². The molecule has 1 atom stereocenters. The number of aromatic amines is 1. The molecular weight excluding hydrogens is 413 g/mol. The fourth-order valence-electron chi connectivity index (χ4n) is 3.63. The van der Waals surface area contributed by atoms with Crippen molar-refractivity contribution in [2.24, 2.45) is 0 Å². The molecule has 7 nitrogen and oxygen atoms in total. The lowest BCUT2D eigenvalue weighted by Gasteiger charge is -2.35. The molecule has 10 heteroatoms. The zero-order chi connectivity index (χ0) is 22.1. The van der Waals surface area contributed by atoms with Crippen molar-refractivity contribution in [3.63, 3.8) is 0 Å². The van der Waals surface area contributed by atoms with Crippen molar-refractivity contribution in [1.82, 2.24) is 14.9 Å². The minimum atomic E-state index is -1.09. The van der Waals surface area contributed by atoms with Crippen LogP contribution in [0, 0.1) is 17.5 Å². The van der Waals surface area contributed by atoms with Crippen molar-refractivity contribution in [2.75, 3.05) is 19.0 Å². The zero-order valence-corrected chi connectivity index (χ0v) is 16.3. The third-order valence-electron chi connectivity index (χ3n) is 5.09. The molecule has 0 radical (unpaired) electrons. The lowest BCUT2D eigenvalue weighted by molar-refractivity contribution is 0.0601. The van der Waals surface area contributed by atoms with Crippen LogP contribution >= 0.6 is 0 Å². The third kappa shape index (κ3) is 3.72. The number of carbonyl (C=O) groups is 2. The monoisotopic (exact) mass is 430 g/mol. The Hall–Kier alpha value is -3.82. The van der Waals surface area contributed by atoms with Crippen molar-refractivity contribution in [3.8, 4) is 0 Å². The maximum Gasteiger partial charge on any atom is 0.340 e. The number of hydrogen-bond acceptors (Lipinski definition) is 4. The van der Waals surface area contributed by atoms with Crippen LogP contribution in [0.4, 0.5) is 23.7 Å². The molecule has 160 valence electrons. The number of nitrogens with one attached hydrogen (secondary N) is 2. The van der Waals surface area contributed by atoms with Gasteiger partial charge in [0.2, 0.25) is 0 Å². The van der Waals surface area contributed by atoms with Crippen LogP contribution in [-0.4, -0.2) is 40.5 Å². The van der Waals surface area contributed by atoms with E-state index in [1.54, 1.807) is 0 Å². The fourth-order valence-corrected chi connectivity index (χ4v) is 3.63. The minimum Gasteiger partial charge on any atom is -0.465 e. The fraction of sp³-hybridized carbons (Fsp3) is 0.190. The van der Waals surface area contributed by atoms with Gasteiger partial charge in [-0.15, -0.1) is 0 Å². The molecule has 0 saturated carbocycles. The van der Waals surface area contributed by atoms with Crippen LogP contribution in [0.3, 0.4) is 0 Å². The Balaban J connectivity index is 1.72.